The Hall–Kier alpha value is -0.340. The van der Waals surface area contributed by atoms with Gasteiger partial charge in [0.2, 0.25) is 0 Å². The van der Waals surface area contributed by atoms with Crippen molar-refractivity contribution in [3.05, 3.63) is 22.4 Å². The Labute approximate surface area is 73.5 Å². The minimum absolute atomic E-state index is 1.01. The minimum Gasteiger partial charge on any atom is -0.313 e. The number of rotatable bonds is 3. The van der Waals surface area contributed by atoms with Crippen molar-refractivity contribution in [2.45, 2.75) is 27.3 Å². The highest BCUT2D eigenvalue weighted by molar-refractivity contribution is 7.07. The van der Waals surface area contributed by atoms with Gasteiger partial charge in [0.25, 0.3) is 0 Å². The summed E-state index contributed by atoms with van der Waals surface area (Å²) in [7, 11) is 0. The monoisotopic (exact) mass is 171 g/mol. The fraction of sp³-hybridized carbons (Fsp3) is 0.556. The summed E-state index contributed by atoms with van der Waals surface area (Å²) in [4.78, 5) is 0. The highest BCUT2D eigenvalue weighted by Gasteiger charge is 1.87. The van der Waals surface area contributed by atoms with E-state index in [9.17, 15) is 0 Å². The van der Waals surface area contributed by atoms with Crippen molar-refractivity contribution in [3.8, 4) is 0 Å². The molecule has 0 aliphatic heterocycles. The first-order valence-electron chi connectivity index (χ1n) is 4.15. The maximum atomic E-state index is 3.26. The SMILES string of the molecule is CC.CCNCc1ccsc1. The summed E-state index contributed by atoms with van der Waals surface area (Å²) in [6.45, 7) is 8.18. The highest BCUT2D eigenvalue weighted by Crippen LogP contribution is 2.04. The summed E-state index contributed by atoms with van der Waals surface area (Å²) in [5.41, 5.74) is 1.39. The molecule has 0 spiro atoms. The van der Waals surface area contributed by atoms with Gasteiger partial charge in [0.15, 0.2) is 0 Å². The Balaban J connectivity index is 0.000000461. The van der Waals surface area contributed by atoms with Gasteiger partial charge in [0.05, 0.1) is 0 Å². The van der Waals surface area contributed by atoms with Gasteiger partial charge in [-0.3, -0.25) is 0 Å². The molecule has 11 heavy (non-hydrogen) atoms. The van der Waals surface area contributed by atoms with E-state index in [0.717, 1.165) is 13.1 Å². The van der Waals surface area contributed by atoms with Crippen LogP contribution in [0.15, 0.2) is 16.8 Å². The van der Waals surface area contributed by atoms with Gasteiger partial charge in [-0.25, -0.2) is 0 Å². The molecule has 1 N–H and O–H groups in total. The molecular formula is C9H17NS. The molecule has 2 heteroatoms. The Morgan fingerprint density at radius 2 is 2.18 bits per heavy atom. The second-order valence-corrected chi connectivity index (χ2v) is 2.69. The Morgan fingerprint density at radius 1 is 1.45 bits per heavy atom. The molecule has 1 rings (SSSR count). The van der Waals surface area contributed by atoms with Crippen molar-refractivity contribution in [2.24, 2.45) is 0 Å². The van der Waals surface area contributed by atoms with Crippen LogP contribution in [-0.4, -0.2) is 6.54 Å². The molecular weight excluding hydrogens is 154 g/mol. The zero-order chi connectivity index (χ0) is 8.53. The van der Waals surface area contributed by atoms with Crippen molar-refractivity contribution in [2.75, 3.05) is 6.54 Å². The molecule has 1 aromatic rings. The van der Waals surface area contributed by atoms with E-state index in [1.807, 2.05) is 13.8 Å². The fourth-order valence-electron chi connectivity index (χ4n) is 0.663. The first-order valence-corrected chi connectivity index (χ1v) is 5.09. The van der Waals surface area contributed by atoms with Gasteiger partial charge in [-0.05, 0) is 28.9 Å². The van der Waals surface area contributed by atoms with Gasteiger partial charge in [0, 0.05) is 6.54 Å². The molecule has 1 aromatic heterocycles. The average Bonchev–Trinajstić information content (AvgIpc) is 2.57. The second kappa shape index (κ2) is 7.76. The zero-order valence-electron chi connectivity index (χ0n) is 7.55. The smallest absolute Gasteiger partial charge is 0.0213 e. The van der Waals surface area contributed by atoms with Gasteiger partial charge in [-0.2, -0.15) is 11.3 Å². The van der Waals surface area contributed by atoms with E-state index in [0.29, 0.717) is 0 Å². The first kappa shape index (κ1) is 10.7. The Kier molecular flexibility index (Phi) is 7.52. The van der Waals surface area contributed by atoms with E-state index in [-0.39, 0.29) is 0 Å². The summed E-state index contributed by atoms with van der Waals surface area (Å²) >= 11 is 1.75. The Bertz CT molecular complexity index is 147. The van der Waals surface area contributed by atoms with Gasteiger partial charge >= 0.3 is 0 Å². The quantitative estimate of drug-likeness (QED) is 0.737. The van der Waals surface area contributed by atoms with Crippen LogP contribution in [0.5, 0.6) is 0 Å². The highest BCUT2D eigenvalue weighted by atomic mass is 32.1. The molecule has 0 amide bonds. The van der Waals surface area contributed by atoms with Crippen LogP contribution in [0.4, 0.5) is 0 Å². The molecule has 0 aliphatic carbocycles. The molecule has 0 atom stereocenters. The summed E-state index contributed by atoms with van der Waals surface area (Å²) in [5, 5.41) is 7.53. The van der Waals surface area contributed by atoms with Crippen LogP contribution in [0, 0.1) is 0 Å². The summed E-state index contributed by atoms with van der Waals surface area (Å²) in [6, 6.07) is 2.15. The number of thiophene rings is 1. The third kappa shape index (κ3) is 4.99. The summed E-state index contributed by atoms with van der Waals surface area (Å²) in [6.07, 6.45) is 0. The van der Waals surface area contributed by atoms with E-state index in [1.54, 1.807) is 11.3 Å². The molecule has 0 fully saturated rings. The van der Waals surface area contributed by atoms with E-state index in [1.165, 1.54) is 5.56 Å². The van der Waals surface area contributed by atoms with Crippen molar-refractivity contribution in [1.82, 2.24) is 5.32 Å². The van der Waals surface area contributed by atoms with Crippen molar-refractivity contribution < 1.29 is 0 Å². The maximum absolute atomic E-state index is 3.26. The van der Waals surface area contributed by atoms with Gasteiger partial charge in [-0.1, -0.05) is 20.8 Å². The predicted molar refractivity (Wildman–Crippen MR) is 53.0 cm³/mol. The zero-order valence-corrected chi connectivity index (χ0v) is 8.37. The first-order chi connectivity index (χ1) is 5.43. The lowest BCUT2D eigenvalue weighted by atomic mass is 10.3. The van der Waals surface area contributed by atoms with Gasteiger partial charge in [-0.15, -0.1) is 0 Å². The second-order valence-electron chi connectivity index (χ2n) is 1.91. The number of hydrogen-bond donors (Lipinski definition) is 1. The van der Waals surface area contributed by atoms with Crippen LogP contribution in [0.25, 0.3) is 0 Å². The van der Waals surface area contributed by atoms with E-state index in [2.05, 4.69) is 29.1 Å². The summed E-state index contributed by atoms with van der Waals surface area (Å²) < 4.78 is 0. The van der Waals surface area contributed by atoms with Crippen molar-refractivity contribution >= 4 is 11.3 Å². The van der Waals surface area contributed by atoms with E-state index >= 15 is 0 Å². The van der Waals surface area contributed by atoms with Crippen LogP contribution in [0.1, 0.15) is 26.3 Å². The van der Waals surface area contributed by atoms with E-state index < -0.39 is 0 Å². The summed E-state index contributed by atoms with van der Waals surface area (Å²) in [5.74, 6) is 0. The third-order valence-electron chi connectivity index (χ3n) is 1.16. The molecule has 0 saturated heterocycles. The lowest BCUT2D eigenvalue weighted by Gasteiger charge is -1.95. The van der Waals surface area contributed by atoms with Crippen LogP contribution >= 0.6 is 11.3 Å². The van der Waals surface area contributed by atoms with E-state index in [4.69, 9.17) is 0 Å². The molecule has 1 heterocycles. The number of hydrogen-bond acceptors (Lipinski definition) is 2. The van der Waals surface area contributed by atoms with Crippen LogP contribution < -0.4 is 5.32 Å². The normalized spacial score (nSPS) is 8.64. The minimum atomic E-state index is 1.01. The average molecular weight is 171 g/mol. The lowest BCUT2D eigenvalue weighted by molar-refractivity contribution is 0.729. The molecule has 0 aromatic carbocycles. The molecule has 0 saturated carbocycles. The molecule has 0 aliphatic rings. The fourth-order valence-corrected chi connectivity index (χ4v) is 1.33. The van der Waals surface area contributed by atoms with Crippen molar-refractivity contribution in [3.63, 3.8) is 0 Å². The third-order valence-corrected chi connectivity index (χ3v) is 1.89. The molecule has 0 bridgehead atoms. The molecule has 0 radical (unpaired) electrons. The van der Waals surface area contributed by atoms with Crippen LogP contribution in [-0.2, 0) is 6.54 Å². The van der Waals surface area contributed by atoms with Crippen LogP contribution in [0.2, 0.25) is 0 Å². The maximum Gasteiger partial charge on any atom is 0.0213 e. The Morgan fingerprint density at radius 3 is 2.64 bits per heavy atom. The van der Waals surface area contributed by atoms with Crippen LogP contribution in [0.3, 0.4) is 0 Å². The topological polar surface area (TPSA) is 12.0 Å². The predicted octanol–water partition coefficient (Wildman–Crippen LogP) is 2.88. The van der Waals surface area contributed by atoms with Gasteiger partial charge < -0.3 is 5.32 Å². The molecule has 1 nitrogen and oxygen atoms in total. The standard InChI is InChI=1S/C7H11NS.C2H6/c1-2-8-5-7-3-4-9-6-7;1-2/h3-4,6,8H,2,5H2,1H3;1-2H3. The van der Waals surface area contributed by atoms with Gasteiger partial charge in [0.1, 0.15) is 0 Å². The largest absolute Gasteiger partial charge is 0.313 e. The lowest BCUT2D eigenvalue weighted by Crippen LogP contribution is -2.10. The molecule has 0 unspecified atom stereocenters. The molecule has 64 valence electrons. The van der Waals surface area contributed by atoms with Crippen molar-refractivity contribution in [1.29, 1.82) is 0 Å². The number of nitrogens with one attached hydrogen (secondary N) is 1.